The lowest BCUT2D eigenvalue weighted by Crippen LogP contribution is -2.48. The molecule has 1 rings (SSSR count). The van der Waals surface area contributed by atoms with Gasteiger partial charge in [-0.25, -0.2) is 0 Å². The number of ether oxygens (including phenoxy) is 6. The van der Waals surface area contributed by atoms with E-state index < -0.39 is 5.97 Å². The molecule has 0 aliphatic rings. The van der Waals surface area contributed by atoms with Gasteiger partial charge in [0.1, 0.15) is 13.2 Å². The summed E-state index contributed by atoms with van der Waals surface area (Å²) in [7, 11) is 11.1. The summed E-state index contributed by atoms with van der Waals surface area (Å²) in [6.07, 6.45) is 11.6. The highest BCUT2D eigenvalue weighted by atomic mass is 16.9. The second kappa shape index (κ2) is 17.7. The number of unbranched alkanes of at least 4 members (excludes halogenated alkanes) is 5. The zero-order chi connectivity index (χ0) is 24.4. The van der Waals surface area contributed by atoms with E-state index in [0.29, 0.717) is 11.6 Å². The largest absolute Gasteiger partial charge is 0.487 e. The van der Waals surface area contributed by atoms with E-state index in [1.165, 1.54) is 36.8 Å². The molecule has 1 atom stereocenters. The average Bonchev–Trinajstić information content (AvgIpc) is 2.85. The van der Waals surface area contributed by atoms with Crippen LogP contribution in [-0.4, -0.2) is 61.8 Å². The Balaban J connectivity index is 0.000000618. The quantitative estimate of drug-likeness (QED) is 0.210. The van der Waals surface area contributed by atoms with E-state index in [1.54, 1.807) is 62.0 Å². The van der Waals surface area contributed by atoms with Crippen LogP contribution in [-0.2, 0) is 18.9 Å². The summed E-state index contributed by atoms with van der Waals surface area (Å²) >= 11 is 0. The summed E-state index contributed by atoms with van der Waals surface area (Å²) in [5.41, 5.74) is 0.859. The van der Waals surface area contributed by atoms with Gasteiger partial charge in [0.25, 0.3) is 0 Å². The molecule has 1 heterocycles. The van der Waals surface area contributed by atoms with Crippen LogP contribution in [0.15, 0.2) is 18.8 Å². The molecule has 0 bridgehead atoms. The van der Waals surface area contributed by atoms with E-state index in [2.05, 4.69) is 13.5 Å². The molecule has 0 amide bonds. The molecule has 186 valence electrons. The zero-order valence-corrected chi connectivity index (χ0v) is 21.3. The van der Waals surface area contributed by atoms with Gasteiger partial charge in [-0.05, 0) is 6.42 Å². The van der Waals surface area contributed by atoms with E-state index in [1.807, 2.05) is 6.07 Å². The Morgan fingerprint density at radius 3 is 1.94 bits per heavy atom. The highest BCUT2D eigenvalue weighted by molar-refractivity contribution is 5.57. The highest BCUT2D eigenvalue weighted by Gasteiger charge is 2.40. The highest BCUT2D eigenvalue weighted by Crippen LogP contribution is 2.27. The molecule has 1 unspecified atom stereocenters. The Hall–Kier alpha value is -1.87. The lowest BCUT2D eigenvalue weighted by molar-refractivity contribution is -0.887. The van der Waals surface area contributed by atoms with Gasteiger partial charge < -0.3 is 28.4 Å². The minimum absolute atomic E-state index is 0.205. The Bertz CT molecular complexity index is 612. The minimum atomic E-state index is -1.09. The molecular weight excluding hydrogens is 414 g/mol. The number of aromatic nitrogens is 1. The van der Waals surface area contributed by atoms with Crippen molar-refractivity contribution in [2.45, 2.75) is 63.9 Å². The molecule has 0 saturated heterocycles. The van der Waals surface area contributed by atoms with Gasteiger partial charge in [-0.15, -0.1) is 0 Å². The van der Waals surface area contributed by atoms with Gasteiger partial charge >= 0.3 is 11.9 Å². The van der Waals surface area contributed by atoms with Gasteiger partial charge in [-0.2, -0.15) is 0 Å². The van der Waals surface area contributed by atoms with Crippen molar-refractivity contribution in [3.63, 3.8) is 0 Å². The third-order valence-electron chi connectivity index (χ3n) is 5.21. The van der Waals surface area contributed by atoms with Crippen molar-refractivity contribution in [1.29, 1.82) is 0 Å². The Kier molecular flexibility index (Phi) is 16.6. The molecule has 0 N–H and O–H groups in total. The molecule has 0 radical (unpaired) electrons. The molecule has 1 aromatic heterocycles. The first-order chi connectivity index (χ1) is 15.5. The molecule has 8 nitrogen and oxygen atoms in total. The van der Waals surface area contributed by atoms with Crippen molar-refractivity contribution in [2.75, 3.05) is 49.8 Å². The van der Waals surface area contributed by atoms with Gasteiger partial charge in [0.05, 0.1) is 19.0 Å². The third kappa shape index (κ3) is 8.94. The van der Waals surface area contributed by atoms with Crippen LogP contribution in [0.25, 0.3) is 6.08 Å². The van der Waals surface area contributed by atoms with Gasteiger partial charge in [0.15, 0.2) is 0 Å². The van der Waals surface area contributed by atoms with Crippen LogP contribution in [0.1, 0.15) is 57.4 Å². The van der Waals surface area contributed by atoms with Crippen molar-refractivity contribution in [3.8, 4) is 11.6 Å². The van der Waals surface area contributed by atoms with Gasteiger partial charge in [0, 0.05) is 40.1 Å². The maximum Gasteiger partial charge on any atom is 0.460 e. The third-order valence-corrected chi connectivity index (χ3v) is 5.21. The van der Waals surface area contributed by atoms with E-state index in [4.69, 9.17) is 33.3 Å². The van der Waals surface area contributed by atoms with Crippen LogP contribution in [0.3, 0.4) is 0 Å². The molecule has 32 heavy (non-hydrogen) atoms. The second-order valence-corrected chi connectivity index (χ2v) is 7.02. The summed E-state index contributed by atoms with van der Waals surface area (Å²) in [6.45, 7) is 5.91. The van der Waals surface area contributed by atoms with Crippen LogP contribution >= 0.6 is 0 Å². The Morgan fingerprint density at radius 1 is 0.906 bits per heavy atom. The van der Waals surface area contributed by atoms with Crippen LogP contribution in [0, 0.1) is 0 Å². The molecule has 0 aliphatic heterocycles. The molecule has 8 heteroatoms. The van der Waals surface area contributed by atoms with Crippen molar-refractivity contribution < 1.29 is 38.0 Å². The standard InChI is InChI=1S/C14H30O4.C10H14NO3/c1-6-7-8-9-10-11-12-13(15-2)14(16-3,17-4)18-5;1-5-8-6-7-11(14-4)10(13-3)9(8)12-2/h13H,6-12H2,1-5H3;5-7H,1H2,2-4H3/q;+1. The topological polar surface area (TPSA) is 68.5 Å². The fourth-order valence-electron chi connectivity index (χ4n) is 3.40. The molecule has 0 aromatic carbocycles. The van der Waals surface area contributed by atoms with Gasteiger partial charge in [0.2, 0.25) is 11.9 Å². The summed E-state index contributed by atoms with van der Waals surface area (Å²) in [5, 5.41) is 0. The lowest BCUT2D eigenvalue weighted by Gasteiger charge is -2.35. The Labute approximate surface area is 194 Å². The fourth-order valence-corrected chi connectivity index (χ4v) is 3.40. The summed E-state index contributed by atoms with van der Waals surface area (Å²) < 4.78 is 33.2. The van der Waals surface area contributed by atoms with Crippen LogP contribution in [0.5, 0.6) is 11.6 Å². The van der Waals surface area contributed by atoms with E-state index >= 15 is 0 Å². The molecule has 0 saturated carbocycles. The number of nitrogens with zero attached hydrogens (tertiary/aromatic N) is 1. The predicted molar refractivity (Wildman–Crippen MR) is 125 cm³/mol. The number of hydrogen-bond acceptors (Lipinski definition) is 7. The molecule has 0 fully saturated rings. The number of methoxy groups -OCH3 is 6. The van der Waals surface area contributed by atoms with Crippen LogP contribution in [0.4, 0.5) is 0 Å². The van der Waals surface area contributed by atoms with Crippen molar-refractivity contribution in [3.05, 3.63) is 24.4 Å². The fraction of sp³-hybridized carbons (Fsp3) is 0.708. The monoisotopic (exact) mass is 458 g/mol. The SMILES string of the molecule is C=Cc1cc[n+](OC)c(OC)c1OC.CCCCCCCCC(OC)C(OC)(OC)OC. The van der Waals surface area contributed by atoms with Crippen LogP contribution in [0.2, 0.25) is 0 Å². The molecule has 0 aliphatic carbocycles. The lowest BCUT2D eigenvalue weighted by atomic mass is 10.1. The van der Waals surface area contributed by atoms with Gasteiger partial charge in [-0.3, -0.25) is 4.84 Å². The van der Waals surface area contributed by atoms with Crippen molar-refractivity contribution in [2.24, 2.45) is 0 Å². The first-order valence-corrected chi connectivity index (χ1v) is 11.0. The first kappa shape index (κ1) is 30.1. The molecular formula is C24H44NO7+. The maximum atomic E-state index is 5.44. The first-order valence-electron chi connectivity index (χ1n) is 11.0. The van der Waals surface area contributed by atoms with E-state index in [0.717, 1.165) is 18.4 Å². The van der Waals surface area contributed by atoms with Crippen LogP contribution < -0.4 is 19.0 Å². The van der Waals surface area contributed by atoms with E-state index in [9.17, 15) is 0 Å². The summed E-state index contributed by atoms with van der Waals surface area (Å²) in [6, 6.07) is 1.83. The normalized spacial score (nSPS) is 11.9. The smallest absolute Gasteiger partial charge is 0.460 e. The number of rotatable bonds is 16. The van der Waals surface area contributed by atoms with Gasteiger partial charge in [-0.1, -0.05) is 58.1 Å². The van der Waals surface area contributed by atoms with E-state index in [-0.39, 0.29) is 6.10 Å². The Morgan fingerprint density at radius 2 is 1.50 bits per heavy atom. The molecule has 0 spiro atoms. The van der Waals surface area contributed by atoms with Crippen molar-refractivity contribution >= 4 is 6.08 Å². The second-order valence-electron chi connectivity index (χ2n) is 7.02. The molecule has 1 aromatic rings. The summed E-state index contributed by atoms with van der Waals surface area (Å²) in [4.78, 5) is 5.06. The number of pyridine rings is 1. The maximum absolute atomic E-state index is 5.44. The predicted octanol–water partition coefficient (Wildman–Crippen LogP) is 4.04. The number of hydrogen-bond donors (Lipinski definition) is 0. The minimum Gasteiger partial charge on any atom is -0.487 e. The zero-order valence-electron chi connectivity index (χ0n) is 21.3. The average molecular weight is 459 g/mol. The summed E-state index contributed by atoms with van der Waals surface area (Å²) in [5.74, 6) is 0.0253. The van der Waals surface area contributed by atoms with Crippen molar-refractivity contribution in [1.82, 2.24) is 0 Å².